The van der Waals surface area contributed by atoms with Crippen LogP contribution in [0.4, 0.5) is 30.2 Å². The molecule has 0 saturated carbocycles. The van der Waals surface area contributed by atoms with Gasteiger partial charge in [0.1, 0.15) is 11.5 Å². The highest BCUT2D eigenvalue weighted by Gasteiger charge is 2.24. The molecule has 0 saturated heterocycles. The molecule has 0 atom stereocenters. The van der Waals surface area contributed by atoms with E-state index in [0.29, 0.717) is 16.7 Å². The van der Waals surface area contributed by atoms with Crippen molar-refractivity contribution in [3.8, 4) is 0 Å². The van der Waals surface area contributed by atoms with Gasteiger partial charge in [-0.2, -0.15) is 12.7 Å². The molecule has 0 unspecified atom stereocenters. The summed E-state index contributed by atoms with van der Waals surface area (Å²) in [5.41, 5.74) is -0.852. The van der Waals surface area contributed by atoms with Crippen LogP contribution in [0.5, 0.6) is 0 Å². The molecule has 160 valence electrons. The van der Waals surface area contributed by atoms with Gasteiger partial charge >= 0.3 is 10.2 Å². The van der Waals surface area contributed by atoms with Gasteiger partial charge in [0.25, 0.3) is 0 Å². The quantitative estimate of drug-likeness (QED) is 0.313. The van der Waals surface area contributed by atoms with E-state index in [0.717, 1.165) is 16.4 Å². The smallest absolute Gasteiger partial charge is 0.301 e. The van der Waals surface area contributed by atoms with Crippen molar-refractivity contribution in [1.29, 1.82) is 0 Å². The molecule has 0 heterocycles. The molecule has 0 radical (unpaired) electrons. The Balaban J connectivity index is 2.36. The van der Waals surface area contributed by atoms with Gasteiger partial charge in [-0.25, -0.2) is 13.2 Å². The normalized spacial score (nSPS) is 11.7. The summed E-state index contributed by atoms with van der Waals surface area (Å²) in [6.07, 6.45) is 0. The van der Waals surface area contributed by atoms with Crippen molar-refractivity contribution in [2.24, 2.45) is 0 Å². The van der Waals surface area contributed by atoms with Crippen LogP contribution in [0.2, 0.25) is 0 Å². The van der Waals surface area contributed by atoms with Crippen molar-refractivity contribution >= 4 is 49.9 Å². The third-order valence-corrected chi connectivity index (χ3v) is 6.27. The third kappa shape index (κ3) is 6.20. The van der Waals surface area contributed by atoms with Crippen molar-refractivity contribution in [3.63, 3.8) is 0 Å². The van der Waals surface area contributed by atoms with Gasteiger partial charge < -0.3 is 10.6 Å². The predicted octanol–water partition coefficient (Wildman–Crippen LogP) is 4.04. The number of likely N-dealkylation sites (N-methyl/N-ethyl adjacent to an activating group) is 2. The van der Waals surface area contributed by atoms with E-state index in [1.807, 2.05) is 29.5 Å². The van der Waals surface area contributed by atoms with Crippen molar-refractivity contribution in [2.45, 2.75) is 13.8 Å². The van der Waals surface area contributed by atoms with Gasteiger partial charge in [-0.3, -0.25) is 4.72 Å². The Labute approximate surface area is 182 Å². The second-order valence-corrected chi connectivity index (χ2v) is 8.90. The molecule has 0 amide bonds. The zero-order valence-corrected chi connectivity index (χ0v) is 18.9. The summed E-state index contributed by atoms with van der Waals surface area (Å²) in [5, 5.41) is 5.48. The van der Waals surface area contributed by atoms with E-state index < -0.39 is 33.3 Å². The third-order valence-electron chi connectivity index (χ3n) is 4.01. The van der Waals surface area contributed by atoms with Crippen LogP contribution in [0, 0.1) is 21.0 Å². The highest BCUT2D eigenvalue weighted by molar-refractivity contribution is 14.1. The first-order valence-corrected chi connectivity index (χ1v) is 11.4. The molecular formula is C18H22F3IN4O2S. The van der Waals surface area contributed by atoms with Crippen molar-refractivity contribution in [2.75, 3.05) is 36.2 Å². The first-order valence-electron chi connectivity index (χ1n) is 8.88. The molecule has 29 heavy (non-hydrogen) atoms. The Morgan fingerprint density at radius 2 is 1.72 bits per heavy atom. The van der Waals surface area contributed by atoms with Crippen LogP contribution in [-0.2, 0) is 10.2 Å². The fraction of sp³-hybridized carbons (Fsp3) is 0.333. The van der Waals surface area contributed by atoms with E-state index in [2.05, 4.69) is 15.4 Å². The zero-order chi connectivity index (χ0) is 21.6. The molecule has 2 aromatic carbocycles. The van der Waals surface area contributed by atoms with Gasteiger partial charge in [0.2, 0.25) is 0 Å². The number of nitrogens with zero attached hydrogens (tertiary/aromatic N) is 1. The largest absolute Gasteiger partial charge is 0.349 e. The van der Waals surface area contributed by atoms with Crippen LogP contribution in [0.15, 0.2) is 30.3 Å². The predicted molar refractivity (Wildman–Crippen MR) is 117 cm³/mol. The number of anilines is 3. The summed E-state index contributed by atoms with van der Waals surface area (Å²) < 4.78 is 71.8. The SMILES string of the molecule is CCNCCN(CC)S(=O)(=O)Nc1ccc(F)c(F)c1Nc1ccc(I)cc1F. The number of nitrogens with one attached hydrogen (secondary N) is 3. The van der Waals surface area contributed by atoms with Gasteiger partial charge in [0.15, 0.2) is 11.6 Å². The molecule has 0 aromatic heterocycles. The highest BCUT2D eigenvalue weighted by atomic mass is 127. The van der Waals surface area contributed by atoms with Crippen molar-refractivity contribution in [3.05, 3.63) is 51.4 Å². The van der Waals surface area contributed by atoms with E-state index in [1.165, 1.54) is 12.1 Å². The van der Waals surface area contributed by atoms with Crippen LogP contribution in [-0.4, -0.2) is 38.9 Å². The molecule has 0 fully saturated rings. The van der Waals surface area contributed by atoms with Crippen LogP contribution < -0.4 is 15.4 Å². The lowest BCUT2D eigenvalue weighted by molar-refractivity contribution is 0.425. The lowest BCUT2D eigenvalue weighted by Gasteiger charge is -2.23. The number of hydrogen-bond acceptors (Lipinski definition) is 4. The Bertz CT molecular complexity index is 960. The minimum Gasteiger partial charge on any atom is -0.349 e. The number of hydrogen-bond donors (Lipinski definition) is 3. The Hall–Kier alpha value is -1.57. The summed E-state index contributed by atoms with van der Waals surface area (Å²) >= 11 is 1.91. The first kappa shape index (κ1) is 23.7. The van der Waals surface area contributed by atoms with Gasteiger partial charge in [0.05, 0.1) is 11.4 Å². The average Bonchev–Trinajstić information content (AvgIpc) is 2.66. The molecule has 11 heteroatoms. The number of halogens is 4. The highest BCUT2D eigenvalue weighted by Crippen LogP contribution is 2.32. The van der Waals surface area contributed by atoms with Gasteiger partial charge in [-0.15, -0.1) is 0 Å². The fourth-order valence-corrected chi connectivity index (χ4v) is 4.22. The molecule has 0 aliphatic carbocycles. The Kier molecular flexibility index (Phi) is 8.55. The Morgan fingerprint density at radius 3 is 2.34 bits per heavy atom. The fourth-order valence-electron chi connectivity index (χ4n) is 2.52. The monoisotopic (exact) mass is 542 g/mol. The minimum absolute atomic E-state index is 0.116. The summed E-state index contributed by atoms with van der Waals surface area (Å²) in [4.78, 5) is 0. The molecular weight excluding hydrogens is 520 g/mol. The molecule has 3 N–H and O–H groups in total. The van der Waals surface area contributed by atoms with Crippen molar-refractivity contribution < 1.29 is 21.6 Å². The van der Waals surface area contributed by atoms with E-state index in [-0.39, 0.29) is 24.5 Å². The number of rotatable bonds is 10. The molecule has 0 aliphatic rings. The standard InChI is InChI=1S/C18H22F3IN4O2S/c1-3-23-9-10-26(4-2)29(27,28)25-16-8-6-13(19)17(21)18(16)24-15-7-5-12(22)11-14(15)20/h5-8,11,23-25H,3-4,9-10H2,1-2H3. The lowest BCUT2D eigenvalue weighted by atomic mass is 10.2. The molecule has 0 spiro atoms. The van der Waals surface area contributed by atoms with Gasteiger partial charge in [0, 0.05) is 23.2 Å². The van der Waals surface area contributed by atoms with Crippen LogP contribution >= 0.6 is 22.6 Å². The molecule has 0 bridgehead atoms. The zero-order valence-electron chi connectivity index (χ0n) is 15.9. The maximum atomic E-state index is 14.4. The van der Waals surface area contributed by atoms with Gasteiger partial charge in [-0.1, -0.05) is 13.8 Å². The van der Waals surface area contributed by atoms with E-state index >= 15 is 0 Å². The van der Waals surface area contributed by atoms with E-state index in [9.17, 15) is 21.6 Å². The van der Waals surface area contributed by atoms with Crippen LogP contribution in [0.1, 0.15) is 13.8 Å². The molecule has 2 rings (SSSR count). The summed E-state index contributed by atoms with van der Waals surface area (Å²) in [6, 6.07) is 6.03. The second kappa shape index (κ2) is 10.5. The molecule has 6 nitrogen and oxygen atoms in total. The Morgan fingerprint density at radius 1 is 1.03 bits per heavy atom. The summed E-state index contributed by atoms with van der Waals surface area (Å²) in [7, 11) is -4.05. The number of benzene rings is 2. The summed E-state index contributed by atoms with van der Waals surface area (Å²) in [5.74, 6) is -3.20. The lowest BCUT2D eigenvalue weighted by Crippen LogP contribution is -2.40. The van der Waals surface area contributed by atoms with E-state index in [4.69, 9.17) is 0 Å². The maximum absolute atomic E-state index is 14.4. The van der Waals surface area contributed by atoms with Crippen LogP contribution in [0.25, 0.3) is 0 Å². The minimum atomic E-state index is -4.05. The average molecular weight is 542 g/mol. The summed E-state index contributed by atoms with van der Waals surface area (Å²) in [6.45, 7) is 5.05. The first-order chi connectivity index (χ1) is 13.7. The van der Waals surface area contributed by atoms with Crippen molar-refractivity contribution in [1.82, 2.24) is 9.62 Å². The molecule has 0 aliphatic heterocycles. The van der Waals surface area contributed by atoms with E-state index in [1.54, 1.807) is 13.0 Å². The van der Waals surface area contributed by atoms with Crippen LogP contribution in [0.3, 0.4) is 0 Å². The molecule has 2 aromatic rings. The topological polar surface area (TPSA) is 73.5 Å². The maximum Gasteiger partial charge on any atom is 0.301 e. The van der Waals surface area contributed by atoms with Gasteiger partial charge in [-0.05, 0) is 59.5 Å². The second-order valence-electron chi connectivity index (χ2n) is 5.99.